The van der Waals surface area contributed by atoms with Gasteiger partial charge in [0.15, 0.2) is 0 Å². The van der Waals surface area contributed by atoms with Gasteiger partial charge in [0.1, 0.15) is 0 Å². The van der Waals surface area contributed by atoms with Crippen molar-refractivity contribution in [2.24, 2.45) is 11.3 Å². The number of rotatable bonds is 37. The van der Waals surface area contributed by atoms with Gasteiger partial charge in [-0.25, -0.2) is 0 Å². The van der Waals surface area contributed by atoms with Gasteiger partial charge >= 0.3 is 11.9 Å². The normalized spacial score (nSPS) is 12.5. The van der Waals surface area contributed by atoms with Crippen molar-refractivity contribution in [1.82, 2.24) is 0 Å². The molecule has 0 aromatic rings. The van der Waals surface area contributed by atoms with Crippen LogP contribution in [0.5, 0.6) is 0 Å². The molecule has 0 saturated heterocycles. The number of aliphatic carboxylic acids is 2. The van der Waals surface area contributed by atoms with E-state index in [1.807, 2.05) is 0 Å². The highest BCUT2D eigenvalue weighted by Crippen LogP contribution is 2.40. The lowest BCUT2D eigenvalue weighted by Gasteiger charge is -2.33. The largest absolute Gasteiger partial charge is 0.481 e. The molecule has 4 heteroatoms. The molecule has 0 bridgehead atoms. The highest BCUT2D eigenvalue weighted by atomic mass is 16.4. The topological polar surface area (TPSA) is 74.6 Å². The third-order valence-corrected chi connectivity index (χ3v) is 10.6. The number of unbranched alkanes of at least 4 members (excludes halogenated alkanes) is 30. The molecule has 0 aliphatic carbocycles. The average molecular weight is 637 g/mol. The standard InChI is InChI=1S/C41H80O4/c1-4-6-8-10-12-14-16-18-20-22-24-26-28-30-32-34-36-41(40(44)45,38(3)39(42)43)37-35-33-31-29-27-25-23-21-19-17-15-13-11-9-7-5-2/h38H,4-37H2,1-3H3,(H,42,43)(H,44,45). The van der Waals surface area contributed by atoms with Gasteiger partial charge < -0.3 is 10.2 Å². The molecule has 4 nitrogen and oxygen atoms in total. The molecular formula is C41H80O4. The van der Waals surface area contributed by atoms with E-state index in [0.717, 1.165) is 38.5 Å². The number of carboxylic acid groups (broad SMARTS) is 2. The van der Waals surface area contributed by atoms with Gasteiger partial charge in [-0.2, -0.15) is 0 Å². The SMILES string of the molecule is CCCCCCCCCCCCCCCCCCC(CCCCCCCCCCCCCCCCCC)(C(=O)O)C(C)C(=O)O. The molecular weight excluding hydrogens is 556 g/mol. The number of hydrogen-bond acceptors (Lipinski definition) is 2. The summed E-state index contributed by atoms with van der Waals surface area (Å²) in [6, 6.07) is 0. The summed E-state index contributed by atoms with van der Waals surface area (Å²) in [4.78, 5) is 24.4. The first kappa shape index (κ1) is 43.9. The Labute approximate surface area is 281 Å². The van der Waals surface area contributed by atoms with Crippen LogP contribution in [0.15, 0.2) is 0 Å². The summed E-state index contributed by atoms with van der Waals surface area (Å²) in [6.07, 6.45) is 42.2. The summed E-state index contributed by atoms with van der Waals surface area (Å²) in [5.74, 6) is -2.72. The van der Waals surface area contributed by atoms with E-state index < -0.39 is 23.3 Å². The minimum absolute atomic E-state index is 0.493. The van der Waals surface area contributed by atoms with Gasteiger partial charge in [0.25, 0.3) is 0 Å². The van der Waals surface area contributed by atoms with Gasteiger partial charge in [0.05, 0.1) is 11.3 Å². The van der Waals surface area contributed by atoms with Crippen LogP contribution in [0.25, 0.3) is 0 Å². The quantitative estimate of drug-likeness (QED) is 0.0665. The monoisotopic (exact) mass is 637 g/mol. The van der Waals surface area contributed by atoms with E-state index >= 15 is 0 Å². The molecule has 0 aliphatic heterocycles. The van der Waals surface area contributed by atoms with E-state index in [1.54, 1.807) is 6.92 Å². The third-order valence-electron chi connectivity index (χ3n) is 10.6. The van der Waals surface area contributed by atoms with Gasteiger partial charge in [-0.05, 0) is 12.8 Å². The Balaban J connectivity index is 4.00. The van der Waals surface area contributed by atoms with Crippen LogP contribution < -0.4 is 0 Å². The summed E-state index contributed by atoms with van der Waals surface area (Å²) in [5, 5.41) is 20.0. The van der Waals surface area contributed by atoms with Gasteiger partial charge in [0, 0.05) is 0 Å². The molecule has 2 N–H and O–H groups in total. The van der Waals surface area contributed by atoms with Crippen LogP contribution in [0.3, 0.4) is 0 Å². The summed E-state index contributed by atoms with van der Waals surface area (Å²) in [5.41, 5.74) is -1.13. The van der Waals surface area contributed by atoms with Crippen molar-refractivity contribution in [3.8, 4) is 0 Å². The van der Waals surface area contributed by atoms with Crippen molar-refractivity contribution in [3.63, 3.8) is 0 Å². The van der Waals surface area contributed by atoms with Crippen LogP contribution in [0, 0.1) is 11.3 Å². The van der Waals surface area contributed by atoms with E-state index in [2.05, 4.69) is 13.8 Å². The molecule has 0 aromatic carbocycles. The van der Waals surface area contributed by atoms with Crippen molar-refractivity contribution in [2.75, 3.05) is 0 Å². The van der Waals surface area contributed by atoms with E-state index in [9.17, 15) is 19.8 Å². The van der Waals surface area contributed by atoms with Crippen molar-refractivity contribution < 1.29 is 19.8 Å². The predicted octanol–water partition coefficient (Wildman–Crippen LogP) is 14.1. The van der Waals surface area contributed by atoms with Gasteiger partial charge in [0.2, 0.25) is 0 Å². The second-order valence-corrected chi connectivity index (χ2v) is 14.6. The molecule has 0 aromatic heterocycles. The fourth-order valence-electron chi connectivity index (χ4n) is 7.17. The molecule has 0 aliphatic rings. The maximum absolute atomic E-state index is 12.5. The zero-order chi connectivity index (χ0) is 33.3. The lowest BCUT2D eigenvalue weighted by atomic mass is 9.69. The van der Waals surface area contributed by atoms with Crippen LogP contribution in [0.2, 0.25) is 0 Å². The second kappa shape index (κ2) is 32.9. The smallest absolute Gasteiger partial charge is 0.310 e. The van der Waals surface area contributed by atoms with Crippen LogP contribution >= 0.6 is 0 Å². The fraction of sp³-hybridized carbons (Fsp3) is 0.951. The maximum atomic E-state index is 12.5. The summed E-state index contributed by atoms with van der Waals surface area (Å²) in [6.45, 7) is 6.17. The van der Waals surface area contributed by atoms with E-state index in [0.29, 0.717) is 12.8 Å². The Morgan fingerprint density at radius 1 is 0.400 bits per heavy atom. The molecule has 0 saturated carbocycles. The third kappa shape index (κ3) is 25.7. The maximum Gasteiger partial charge on any atom is 0.310 e. The molecule has 268 valence electrons. The number of carboxylic acids is 2. The van der Waals surface area contributed by atoms with Gasteiger partial charge in [-0.3, -0.25) is 9.59 Å². The molecule has 0 fully saturated rings. The van der Waals surface area contributed by atoms with Gasteiger partial charge in [-0.1, -0.05) is 226 Å². The highest BCUT2D eigenvalue weighted by molar-refractivity contribution is 5.83. The van der Waals surface area contributed by atoms with Crippen LogP contribution in [-0.2, 0) is 9.59 Å². The molecule has 1 atom stereocenters. The summed E-state index contributed by atoms with van der Waals surface area (Å²) in [7, 11) is 0. The van der Waals surface area contributed by atoms with Crippen LogP contribution in [-0.4, -0.2) is 22.2 Å². The number of carbonyl (C=O) groups is 2. The molecule has 0 rings (SSSR count). The van der Waals surface area contributed by atoms with Crippen LogP contribution in [0.4, 0.5) is 0 Å². The predicted molar refractivity (Wildman–Crippen MR) is 195 cm³/mol. The molecule has 0 radical (unpaired) electrons. The lowest BCUT2D eigenvalue weighted by Crippen LogP contribution is -2.41. The Morgan fingerprint density at radius 2 is 0.600 bits per heavy atom. The first-order chi connectivity index (χ1) is 21.9. The van der Waals surface area contributed by atoms with Crippen LogP contribution in [0.1, 0.15) is 239 Å². The Bertz CT molecular complexity index is 609. The summed E-state index contributed by atoms with van der Waals surface area (Å²) >= 11 is 0. The minimum atomic E-state index is -1.13. The zero-order valence-corrected chi connectivity index (χ0v) is 30.8. The number of hydrogen-bond donors (Lipinski definition) is 2. The molecule has 0 heterocycles. The fourth-order valence-corrected chi connectivity index (χ4v) is 7.17. The first-order valence-electron chi connectivity index (χ1n) is 20.4. The van der Waals surface area contributed by atoms with Gasteiger partial charge in [-0.15, -0.1) is 0 Å². The Kier molecular flexibility index (Phi) is 32.1. The van der Waals surface area contributed by atoms with Crippen molar-refractivity contribution in [3.05, 3.63) is 0 Å². The molecule has 0 amide bonds. The van der Waals surface area contributed by atoms with E-state index in [4.69, 9.17) is 0 Å². The Hall–Kier alpha value is -1.06. The molecule has 1 unspecified atom stereocenters. The first-order valence-corrected chi connectivity index (χ1v) is 20.4. The summed E-state index contributed by atoms with van der Waals surface area (Å²) < 4.78 is 0. The minimum Gasteiger partial charge on any atom is -0.481 e. The molecule has 0 spiro atoms. The van der Waals surface area contributed by atoms with E-state index in [-0.39, 0.29) is 0 Å². The lowest BCUT2D eigenvalue weighted by molar-refractivity contribution is -0.163. The van der Waals surface area contributed by atoms with Crippen molar-refractivity contribution in [1.29, 1.82) is 0 Å². The average Bonchev–Trinajstić information content (AvgIpc) is 3.02. The second-order valence-electron chi connectivity index (χ2n) is 14.6. The molecule has 45 heavy (non-hydrogen) atoms. The van der Waals surface area contributed by atoms with E-state index in [1.165, 1.54) is 167 Å². The highest BCUT2D eigenvalue weighted by Gasteiger charge is 2.46. The Morgan fingerprint density at radius 3 is 0.778 bits per heavy atom. The van der Waals surface area contributed by atoms with Crippen molar-refractivity contribution in [2.45, 2.75) is 239 Å². The zero-order valence-electron chi connectivity index (χ0n) is 30.8. The van der Waals surface area contributed by atoms with Crippen molar-refractivity contribution >= 4 is 11.9 Å².